The molecular formula is C23H29N3O2S. The maximum absolute atomic E-state index is 12.7. The molecule has 2 atom stereocenters. The Hall–Kier alpha value is -2.47. The van der Waals surface area contributed by atoms with E-state index in [0.29, 0.717) is 30.5 Å². The van der Waals surface area contributed by atoms with Crippen molar-refractivity contribution in [1.29, 1.82) is 0 Å². The van der Waals surface area contributed by atoms with Crippen LogP contribution >= 0.6 is 11.3 Å². The first-order chi connectivity index (χ1) is 14.0. The molecule has 2 unspecified atom stereocenters. The highest BCUT2D eigenvalue weighted by atomic mass is 32.1. The van der Waals surface area contributed by atoms with Gasteiger partial charge in [-0.15, -0.1) is 11.3 Å². The number of hydrogen-bond acceptors (Lipinski definition) is 5. The second-order valence-corrected chi connectivity index (χ2v) is 8.67. The highest BCUT2D eigenvalue weighted by Crippen LogP contribution is 2.28. The molecule has 2 heterocycles. The zero-order chi connectivity index (χ0) is 20.8. The molecule has 0 saturated carbocycles. The van der Waals surface area contributed by atoms with Gasteiger partial charge in [-0.2, -0.15) is 4.98 Å². The molecule has 2 aromatic heterocycles. The van der Waals surface area contributed by atoms with Gasteiger partial charge in [0, 0.05) is 23.6 Å². The Kier molecular flexibility index (Phi) is 7.20. The van der Waals surface area contributed by atoms with Crippen molar-refractivity contribution in [3.05, 3.63) is 69.5 Å². The largest absolute Gasteiger partial charge is 0.344 e. The van der Waals surface area contributed by atoms with E-state index in [4.69, 9.17) is 4.52 Å². The van der Waals surface area contributed by atoms with Crippen LogP contribution in [0.5, 0.6) is 0 Å². The molecule has 6 heteroatoms. The maximum atomic E-state index is 12.7. The van der Waals surface area contributed by atoms with Gasteiger partial charge in [0.2, 0.25) is 11.8 Å². The van der Waals surface area contributed by atoms with E-state index in [0.717, 1.165) is 16.9 Å². The highest BCUT2D eigenvalue weighted by Gasteiger charge is 2.19. The number of carbonyl (C=O) groups excluding carboxylic acids is 1. The third-order valence-corrected chi connectivity index (χ3v) is 6.09. The maximum Gasteiger partial charge on any atom is 0.227 e. The number of aryl methyl sites for hydroxylation is 1. The summed E-state index contributed by atoms with van der Waals surface area (Å²) in [6.45, 7) is 8.45. The molecule has 0 aliphatic heterocycles. The van der Waals surface area contributed by atoms with Crippen LogP contribution in [0.25, 0.3) is 0 Å². The number of thiophene rings is 1. The van der Waals surface area contributed by atoms with E-state index in [-0.39, 0.29) is 17.9 Å². The monoisotopic (exact) mass is 411 g/mol. The van der Waals surface area contributed by atoms with Gasteiger partial charge < -0.3 is 9.84 Å². The van der Waals surface area contributed by atoms with Crippen LogP contribution in [0.2, 0.25) is 0 Å². The number of nitrogens with zero attached hydrogens (tertiary/aromatic N) is 2. The summed E-state index contributed by atoms with van der Waals surface area (Å²) >= 11 is 1.65. The summed E-state index contributed by atoms with van der Waals surface area (Å²) in [6, 6.07) is 12.5. The van der Waals surface area contributed by atoms with E-state index < -0.39 is 0 Å². The van der Waals surface area contributed by atoms with Crippen molar-refractivity contribution in [1.82, 2.24) is 15.5 Å². The van der Waals surface area contributed by atoms with Crippen molar-refractivity contribution in [3.8, 4) is 0 Å². The summed E-state index contributed by atoms with van der Waals surface area (Å²) in [4.78, 5) is 18.1. The molecule has 0 aliphatic carbocycles. The van der Waals surface area contributed by atoms with E-state index in [2.05, 4.69) is 59.6 Å². The molecule has 0 spiro atoms. The van der Waals surface area contributed by atoms with Gasteiger partial charge in [0.25, 0.3) is 0 Å². The topological polar surface area (TPSA) is 68.0 Å². The molecule has 0 radical (unpaired) electrons. The van der Waals surface area contributed by atoms with E-state index in [1.165, 1.54) is 5.56 Å². The van der Waals surface area contributed by atoms with Crippen molar-refractivity contribution >= 4 is 17.2 Å². The lowest BCUT2D eigenvalue weighted by Gasteiger charge is -2.19. The normalized spacial score (nSPS) is 13.4. The fraction of sp³-hybridized carbons (Fsp3) is 0.435. The zero-order valence-electron chi connectivity index (χ0n) is 17.5. The lowest BCUT2D eigenvalue weighted by molar-refractivity contribution is -0.121. The van der Waals surface area contributed by atoms with Crippen molar-refractivity contribution < 1.29 is 9.32 Å². The Morgan fingerprint density at radius 2 is 1.86 bits per heavy atom. The summed E-state index contributed by atoms with van der Waals surface area (Å²) in [5.41, 5.74) is 2.41. The molecule has 3 rings (SSSR count). The van der Waals surface area contributed by atoms with Crippen LogP contribution in [0.4, 0.5) is 0 Å². The van der Waals surface area contributed by atoms with Crippen molar-refractivity contribution in [2.45, 2.75) is 64.8 Å². The molecule has 1 aromatic carbocycles. The van der Waals surface area contributed by atoms with E-state index >= 15 is 0 Å². The minimum atomic E-state index is -0.151. The van der Waals surface area contributed by atoms with Gasteiger partial charge >= 0.3 is 0 Å². The minimum absolute atomic E-state index is 0.0290. The van der Waals surface area contributed by atoms with Crippen LogP contribution in [-0.4, -0.2) is 16.0 Å². The number of nitrogens with one attached hydrogen (secondary N) is 1. The lowest BCUT2D eigenvalue weighted by Crippen LogP contribution is -2.29. The molecule has 0 bridgehead atoms. The van der Waals surface area contributed by atoms with Crippen LogP contribution in [0, 0.1) is 0 Å². The molecule has 1 amide bonds. The van der Waals surface area contributed by atoms with Gasteiger partial charge in [-0.25, -0.2) is 0 Å². The summed E-state index contributed by atoms with van der Waals surface area (Å²) in [7, 11) is 0. The summed E-state index contributed by atoms with van der Waals surface area (Å²) in [6.07, 6.45) is 1.86. The third-order valence-electron chi connectivity index (χ3n) is 5.15. The van der Waals surface area contributed by atoms with Gasteiger partial charge in [0.05, 0.1) is 6.04 Å². The van der Waals surface area contributed by atoms with Crippen LogP contribution < -0.4 is 5.32 Å². The van der Waals surface area contributed by atoms with Crippen molar-refractivity contribution in [3.63, 3.8) is 0 Å². The average molecular weight is 412 g/mol. The number of amides is 1. The average Bonchev–Trinajstić information content (AvgIpc) is 3.42. The smallest absolute Gasteiger partial charge is 0.227 e. The molecular weight excluding hydrogens is 382 g/mol. The zero-order valence-corrected chi connectivity index (χ0v) is 18.3. The Balaban J connectivity index is 1.68. The molecule has 1 N–H and O–H groups in total. The molecule has 0 fully saturated rings. The van der Waals surface area contributed by atoms with Gasteiger partial charge in [0.15, 0.2) is 5.82 Å². The summed E-state index contributed by atoms with van der Waals surface area (Å²) in [5.74, 6) is 1.90. The molecule has 3 aromatic rings. The first-order valence-corrected chi connectivity index (χ1v) is 11.1. The summed E-state index contributed by atoms with van der Waals surface area (Å²) in [5, 5.41) is 9.17. The number of benzene rings is 1. The molecule has 29 heavy (non-hydrogen) atoms. The number of hydrogen-bond donors (Lipinski definition) is 1. The molecule has 5 nitrogen and oxygen atoms in total. The second-order valence-electron chi connectivity index (χ2n) is 7.69. The highest BCUT2D eigenvalue weighted by molar-refractivity contribution is 7.10. The third kappa shape index (κ3) is 5.54. The first kappa shape index (κ1) is 21.2. The van der Waals surface area contributed by atoms with Crippen LogP contribution in [-0.2, 0) is 11.2 Å². The van der Waals surface area contributed by atoms with Crippen LogP contribution in [0.1, 0.15) is 86.1 Å². The molecule has 0 saturated heterocycles. The van der Waals surface area contributed by atoms with Gasteiger partial charge in [0.1, 0.15) is 0 Å². The predicted molar refractivity (Wildman–Crippen MR) is 116 cm³/mol. The van der Waals surface area contributed by atoms with Crippen molar-refractivity contribution in [2.75, 3.05) is 0 Å². The Labute approximate surface area is 176 Å². The predicted octanol–water partition coefficient (Wildman–Crippen LogP) is 5.61. The number of carbonyl (C=O) groups is 1. The van der Waals surface area contributed by atoms with E-state index in [1.807, 2.05) is 25.3 Å². The van der Waals surface area contributed by atoms with E-state index in [9.17, 15) is 4.79 Å². The summed E-state index contributed by atoms with van der Waals surface area (Å²) < 4.78 is 5.25. The second kappa shape index (κ2) is 9.83. The molecule has 0 aliphatic rings. The van der Waals surface area contributed by atoms with Gasteiger partial charge in [-0.05, 0) is 34.9 Å². The van der Waals surface area contributed by atoms with Gasteiger partial charge in [-0.1, -0.05) is 63.2 Å². The first-order valence-electron chi connectivity index (χ1n) is 10.2. The number of aromatic nitrogens is 2. The Bertz CT molecular complexity index is 901. The minimum Gasteiger partial charge on any atom is -0.344 e. The van der Waals surface area contributed by atoms with Gasteiger partial charge in [-0.3, -0.25) is 4.79 Å². The van der Waals surface area contributed by atoms with Crippen LogP contribution in [0.15, 0.2) is 46.3 Å². The Morgan fingerprint density at radius 3 is 2.45 bits per heavy atom. The van der Waals surface area contributed by atoms with Crippen molar-refractivity contribution in [2.24, 2.45) is 0 Å². The van der Waals surface area contributed by atoms with Crippen LogP contribution in [0.3, 0.4) is 0 Å². The SMILES string of the molecule is CCC(C)c1ccc(C(NC(=O)CCc2nc(C(C)C)no2)c2cccs2)cc1. The lowest BCUT2D eigenvalue weighted by atomic mass is 9.95. The Morgan fingerprint density at radius 1 is 1.14 bits per heavy atom. The standard InChI is InChI=1S/C23H29N3O2S/c1-5-16(4)17-8-10-18(11-9-17)22(19-7-6-14-29-19)24-20(27)12-13-21-25-23(15(2)3)26-28-21/h6-11,14-16,22H,5,12-13H2,1-4H3,(H,24,27). The van der Waals surface area contributed by atoms with E-state index in [1.54, 1.807) is 11.3 Å². The fourth-order valence-corrected chi connectivity index (χ4v) is 3.89. The number of rotatable bonds is 9. The quantitative estimate of drug-likeness (QED) is 0.497. The fourth-order valence-electron chi connectivity index (χ4n) is 3.08. The molecule has 154 valence electrons.